The Morgan fingerprint density at radius 3 is 2.86 bits per heavy atom. The zero-order valence-electron chi connectivity index (χ0n) is 10.6. The van der Waals surface area contributed by atoms with Gasteiger partial charge in [0.05, 0.1) is 17.1 Å². The molecule has 2 heterocycles. The molecule has 0 bridgehead atoms. The predicted molar refractivity (Wildman–Crippen MR) is 81.0 cm³/mol. The molecule has 3 rings (SSSR count). The second-order valence-corrected chi connectivity index (χ2v) is 5.33. The minimum Gasteiger partial charge on any atom is -0.325 e. The van der Waals surface area contributed by atoms with Crippen molar-refractivity contribution in [3.05, 3.63) is 51.8 Å². The standard InChI is InChI=1S/C14H9Cl2N3O2/c15-9-6-10-8(5-13(20)18-10)3-11(9)19-14(21)7-1-2-17-12(16)4-7/h1-4,6H,5H2,(H,18,20)(H,19,21). The highest BCUT2D eigenvalue weighted by atomic mass is 35.5. The molecule has 0 saturated heterocycles. The number of aromatic nitrogens is 1. The number of hydrogen-bond donors (Lipinski definition) is 2. The summed E-state index contributed by atoms with van der Waals surface area (Å²) in [5, 5.41) is 5.98. The van der Waals surface area contributed by atoms with Gasteiger partial charge >= 0.3 is 0 Å². The molecule has 106 valence electrons. The molecule has 0 spiro atoms. The number of fused-ring (bicyclic) bond motifs is 1. The van der Waals surface area contributed by atoms with Gasteiger partial charge in [0, 0.05) is 17.4 Å². The molecule has 0 radical (unpaired) electrons. The summed E-state index contributed by atoms with van der Waals surface area (Å²) < 4.78 is 0. The molecule has 0 unspecified atom stereocenters. The molecule has 1 aliphatic heterocycles. The van der Waals surface area contributed by atoms with Crippen molar-refractivity contribution in [1.82, 2.24) is 4.98 Å². The molecule has 0 atom stereocenters. The molecule has 7 heteroatoms. The zero-order valence-corrected chi connectivity index (χ0v) is 12.1. The van der Waals surface area contributed by atoms with Gasteiger partial charge in [-0.15, -0.1) is 0 Å². The number of amides is 2. The smallest absolute Gasteiger partial charge is 0.255 e. The molecule has 0 saturated carbocycles. The zero-order chi connectivity index (χ0) is 15.0. The summed E-state index contributed by atoms with van der Waals surface area (Å²) in [7, 11) is 0. The van der Waals surface area contributed by atoms with E-state index in [4.69, 9.17) is 23.2 Å². The van der Waals surface area contributed by atoms with Crippen LogP contribution in [0.2, 0.25) is 10.2 Å². The van der Waals surface area contributed by atoms with E-state index < -0.39 is 0 Å². The Labute approximate surface area is 130 Å². The van der Waals surface area contributed by atoms with E-state index in [0.717, 1.165) is 5.56 Å². The van der Waals surface area contributed by atoms with E-state index in [9.17, 15) is 9.59 Å². The molecule has 1 aromatic carbocycles. The van der Waals surface area contributed by atoms with E-state index in [-0.39, 0.29) is 23.4 Å². The molecule has 1 aromatic heterocycles. The van der Waals surface area contributed by atoms with Gasteiger partial charge in [-0.1, -0.05) is 23.2 Å². The van der Waals surface area contributed by atoms with Crippen molar-refractivity contribution in [2.24, 2.45) is 0 Å². The third kappa shape index (κ3) is 2.84. The molecule has 0 aliphatic carbocycles. The Morgan fingerprint density at radius 1 is 1.29 bits per heavy atom. The number of benzene rings is 1. The lowest BCUT2D eigenvalue weighted by atomic mass is 10.1. The first kappa shape index (κ1) is 13.9. The van der Waals surface area contributed by atoms with Gasteiger partial charge < -0.3 is 10.6 Å². The fourth-order valence-electron chi connectivity index (χ4n) is 2.08. The summed E-state index contributed by atoms with van der Waals surface area (Å²) in [6.45, 7) is 0. The number of carbonyl (C=O) groups excluding carboxylic acids is 2. The van der Waals surface area contributed by atoms with E-state index in [1.807, 2.05) is 0 Å². The Bertz CT molecular complexity index is 762. The summed E-state index contributed by atoms with van der Waals surface area (Å²) in [6, 6.07) is 6.32. The van der Waals surface area contributed by atoms with Crippen LogP contribution in [0.3, 0.4) is 0 Å². The van der Waals surface area contributed by atoms with Gasteiger partial charge in [-0.3, -0.25) is 9.59 Å². The second kappa shape index (κ2) is 5.35. The van der Waals surface area contributed by atoms with Crippen LogP contribution in [-0.2, 0) is 11.2 Å². The van der Waals surface area contributed by atoms with E-state index >= 15 is 0 Å². The SMILES string of the molecule is O=C1Cc2cc(NC(=O)c3ccnc(Cl)c3)c(Cl)cc2N1. The number of halogens is 2. The predicted octanol–water partition coefficient (Wildman–Crippen LogP) is 3.14. The van der Waals surface area contributed by atoms with E-state index in [1.54, 1.807) is 18.2 Å². The minimum absolute atomic E-state index is 0.0922. The van der Waals surface area contributed by atoms with Crippen LogP contribution < -0.4 is 10.6 Å². The van der Waals surface area contributed by atoms with Gasteiger partial charge in [-0.05, 0) is 29.8 Å². The number of nitrogens with one attached hydrogen (secondary N) is 2. The molecule has 0 fully saturated rings. The number of pyridine rings is 1. The van der Waals surface area contributed by atoms with Crippen LogP contribution in [0.1, 0.15) is 15.9 Å². The van der Waals surface area contributed by atoms with Crippen molar-refractivity contribution < 1.29 is 9.59 Å². The van der Waals surface area contributed by atoms with Crippen molar-refractivity contribution in [3.63, 3.8) is 0 Å². The monoisotopic (exact) mass is 321 g/mol. The second-order valence-electron chi connectivity index (χ2n) is 4.54. The van der Waals surface area contributed by atoms with Gasteiger partial charge in [-0.2, -0.15) is 0 Å². The lowest BCUT2D eigenvalue weighted by Gasteiger charge is -2.09. The first-order valence-corrected chi connectivity index (χ1v) is 6.84. The lowest BCUT2D eigenvalue weighted by molar-refractivity contribution is -0.115. The highest BCUT2D eigenvalue weighted by molar-refractivity contribution is 6.34. The summed E-state index contributed by atoms with van der Waals surface area (Å²) in [6.07, 6.45) is 1.72. The third-order valence-corrected chi connectivity index (χ3v) is 3.57. The van der Waals surface area contributed by atoms with Gasteiger partial charge in [0.15, 0.2) is 0 Å². The molecule has 2 aromatic rings. The van der Waals surface area contributed by atoms with Crippen molar-refractivity contribution >= 4 is 46.4 Å². The van der Waals surface area contributed by atoms with Crippen LogP contribution in [0, 0.1) is 0 Å². The average Bonchev–Trinajstić information content (AvgIpc) is 2.78. The Balaban J connectivity index is 1.87. The fraction of sp³-hybridized carbons (Fsp3) is 0.0714. The van der Waals surface area contributed by atoms with Crippen molar-refractivity contribution in [2.45, 2.75) is 6.42 Å². The summed E-state index contributed by atoms with van der Waals surface area (Å²) in [5.41, 5.74) is 2.30. The topological polar surface area (TPSA) is 71.1 Å². The van der Waals surface area contributed by atoms with Crippen LogP contribution in [-0.4, -0.2) is 16.8 Å². The average molecular weight is 322 g/mol. The van der Waals surface area contributed by atoms with Crippen LogP contribution in [0.25, 0.3) is 0 Å². The maximum absolute atomic E-state index is 12.1. The summed E-state index contributed by atoms with van der Waals surface area (Å²) in [5.74, 6) is -0.441. The van der Waals surface area contributed by atoms with Gasteiger partial charge in [0.25, 0.3) is 5.91 Å². The maximum Gasteiger partial charge on any atom is 0.255 e. The molecule has 5 nitrogen and oxygen atoms in total. The quantitative estimate of drug-likeness (QED) is 0.835. The maximum atomic E-state index is 12.1. The fourth-order valence-corrected chi connectivity index (χ4v) is 2.47. The molecular formula is C14H9Cl2N3O2. The highest BCUT2D eigenvalue weighted by Crippen LogP contribution is 2.33. The molecule has 2 amide bonds. The molecule has 21 heavy (non-hydrogen) atoms. The number of nitrogens with zero attached hydrogens (tertiary/aromatic N) is 1. The third-order valence-electron chi connectivity index (χ3n) is 3.05. The minimum atomic E-state index is -0.349. The van der Waals surface area contributed by atoms with Crippen LogP contribution in [0.4, 0.5) is 11.4 Å². The van der Waals surface area contributed by atoms with Crippen molar-refractivity contribution in [2.75, 3.05) is 10.6 Å². The van der Waals surface area contributed by atoms with Crippen LogP contribution in [0.15, 0.2) is 30.5 Å². The molecule has 2 N–H and O–H groups in total. The van der Waals surface area contributed by atoms with Gasteiger partial charge in [0.1, 0.15) is 5.15 Å². The highest BCUT2D eigenvalue weighted by Gasteiger charge is 2.20. The van der Waals surface area contributed by atoms with Gasteiger partial charge in [-0.25, -0.2) is 4.98 Å². The number of anilines is 2. The number of hydrogen-bond acceptors (Lipinski definition) is 3. The summed E-state index contributed by atoms with van der Waals surface area (Å²) in [4.78, 5) is 27.3. The first-order valence-electron chi connectivity index (χ1n) is 6.08. The summed E-state index contributed by atoms with van der Waals surface area (Å²) >= 11 is 11.9. The Kier molecular flexibility index (Phi) is 3.53. The number of rotatable bonds is 2. The van der Waals surface area contributed by atoms with Crippen molar-refractivity contribution in [3.8, 4) is 0 Å². The van der Waals surface area contributed by atoms with Crippen molar-refractivity contribution in [1.29, 1.82) is 0 Å². The van der Waals surface area contributed by atoms with Crippen LogP contribution >= 0.6 is 23.2 Å². The molecular weight excluding hydrogens is 313 g/mol. The van der Waals surface area contributed by atoms with E-state index in [2.05, 4.69) is 15.6 Å². The van der Waals surface area contributed by atoms with Gasteiger partial charge in [0.2, 0.25) is 5.91 Å². The Hall–Kier alpha value is -2.11. The van der Waals surface area contributed by atoms with Crippen LogP contribution in [0.5, 0.6) is 0 Å². The normalized spacial score (nSPS) is 12.8. The van der Waals surface area contributed by atoms with E-state index in [0.29, 0.717) is 22.0 Å². The first-order chi connectivity index (χ1) is 10.0. The Morgan fingerprint density at radius 2 is 2.10 bits per heavy atom. The van der Waals surface area contributed by atoms with E-state index in [1.165, 1.54) is 12.3 Å². The largest absolute Gasteiger partial charge is 0.325 e. The number of carbonyl (C=O) groups is 2. The molecule has 1 aliphatic rings. The lowest BCUT2D eigenvalue weighted by Crippen LogP contribution is -2.12.